The van der Waals surface area contributed by atoms with Crippen molar-refractivity contribution in [3.05, 3.63) is 0 Å². The minimum absolute atomic E-state index is 0.603. The van der Waals surface area contributed by atoms with Crippen molar-refractivity contribution < 1.29 is 9.09 Å². The molecule has 0 N–H and O–H groups in total. The average molecular weight is 168 g/mol. The molecule has 0 atom stereocenters. The molecule has 0 aliphatic carbocycles. The smallest absolute Gasteiger partial charge is 0.197 e. The monoisotopic (exact) mass is 168 g/mol. The summed E-state index contributed by atoms with van der Waals surface area (Å²) in [6.07, 6.45) is 2.00. The van der Waals surface area contributed by atoms with Gasteiger partial charge in [0.15, 0.2) is 7.37 Å². The molecular formula is C5H13O2PS. The Bertz CT molecular complexity index is 110. The molecule has 0 aliphatic heterocycles. The zero-order chi connectivity index (χ0) is 7.33. The SMILES string of the molecule is CSCCOP(C)(C)=O. The van der Waals surface area contributed by atoms with Gasteiger partial charge in [-0.2, -0.15) is 11.8 Å². The maximum atomic E-state index is 10.9. The predicted octanol–water partition coefficient (Wildman–Crippen LogP) is 1.90. The molecule has 0 bridgehead atoms. The molecule has 0 saturated heterocycles. The Balaban J connectivity index is 3.18. The molecule has 0 radical (unpaired) electrons. The van der Waals surface area contributed by atoms with E-state index in [9.17, 15) is 4.57 Å². The largest absolute Gasteiger partial charge is 0.328 e. The van der Waals surface area contributed by atoms with Crippen LogP contribution in [0.2, 0.25) is 0 Å². The Morgan fingerprint density at radius 2 is 2.11 bits per heavy atom. The summed E-state index contributed by atoms with van der Waals surface area (Å²) in [5.41, 5.74) is 0. The second kappa shape index (κ2) is 4.37. The number of hydrogen-bond donors (Lipinski definition) is 0. The van der Waals surface area contributed by atoms with Crippen LogP contribution in [0.5, 0.6) is 0 Å². The van der Waals surface area contributed by atoms with E-state index >= 15 is 0 Å². The van der Waals surface area contributed by atoms with E-state index in [1.54, 1.807) is 25.1 Å². The summed E-state index contributed by atoms with van der Waals surface area (Å²) in [6.45, 7) is 3.87. The topological polar surface area (TPSA) is 26.3 Å². The van der Waals surface area contributed by atoms with E-state index in [2.05, 4.69) is 0 Å². The molecule has 9 heavy (non-hydrogen) atoms. The van der Waals surface area contributed by atoms with Crippen LogP contribution in [-0.4, -0.2) is 31.9 Å². The quantitative estimate of drug-likeness (QED) is 0.473. The van der Waals surface area contributed by atoms with Crippen molar-refractivity contribution in [2.24, 2.45) is 0 Å². The van der Waals surface area contributed by atoms with Crippen molar-refractivity contribution in [3.8, 4) is 0 Å². The van der Waals surface area contributed by atoms with Crippen LogP contribution in [0.15, 0.2) is 0 Å². The highest BCUT2D eigenvalue weighted by Gasteiger charge is 2.04. The maximum absolute atomic E-state index is 10.9. The lowest BCUT2D eigenvalue weighted by Crippen LogP contribution is -1.92. The molecule has 0 aromatic carbocycles. The van der Waals surface area contributed by atoms with Gasteiger partial charge >= 0.3 is 0 Å². The summed E-state index contributed by atoms with van der Waals surface area (Å²) in [7, 11) is -2.21. The maximum Gasteiger partial charge on any atom is 0.197 e. The van der Waals surface area contributed by atoms with Gasteiger partial charge in [-0.3, -0.25) is 4.57 Å². The lowest BCUT2D eigenvalue weighted by atomic mass is 10.9. The molecular weight excluding hydrogens is 155 g/mol. The summed E-state index contributed by atoms with van der Waals surface area (Å²) in [5.74, 6) is 0.922. The van der Waals surface area contributed by atoms with Gasteiger partial charge in [0.25, 0.3) is 0 Å². The summed E-state index contributed by atoms with van der Waals surface area (Å²) in [6, 6.07) is 0. The Morgan fingerprint density at radius 1 is 1.56 bits per heavy atom. The van der Waals surface area contributed by atoms with E-state index < -0.39 is 7.37 Å². The average Bonchev–Trinajstić information content (AvgIpc) is 1.63. The molecule has 0 aliphatic rings. The van der Waals surface area contributed by atoms with Crippen molar-refractivity contribution in [1.82, 2.24) is 0 Å². The summed E-state index contributed by atoms with van der Waals surface area (Å²) < 4.78 is 15.9. The molecule has 0 heterocycles. The standard InChI is InChI=1S/C5H13O2PS/c1-8(2,6)7-4-5-9-3/h4-5H2,1-3H3. The van der Waals surface area contributed by atoms with Gasteiger partial charge in [-0.05, 0) is 6.26 Å². The molecule has 0 unspecified atom stereocenters. The Morgan fingerprint density at radius 3 is 2.44 bits per heavy atom. The van der Waals surface area contributed by atoms with Crippen LogP contribution in [0.3, 0.4) is 0 Å². The summed E-state index contributed by atoms with van der Waals surface area (Å²) in [4.78, 5) is 0. The van der Waals surface area contributed by atoms with Gasteiger partial charge in [0.1, 0.15) is 0 Å². The van der Waals surface area contributed by atoms with Gasteiger partial charge in [-0.25, -0.2) is 0 Å². The van der Waals surface area contributed by atoms with E-state index in [1.807, 2.05) is 6.26 Å². The fourth-order valence-electron chi connectivity index (χ4n) is 0.340. The van der Waals surface area contributed by atoms with Crippen LogP contribution < -0.4 is 0 Å². The lowest BCUT2D eigenvalue weighted by molar-refractivity contribution is 0.345. The van der Waals surface area contributed by atoms with Crippen LogP contribution in [0.1, 0.15) is 0 Å². The van der Waals surface area contributed by atoms with Gasteiger partial charge in [0, 0.05) is 19.1 Å². The van der Waals surface area contributed by atoms with Crippen LogP contribution in [0.4, 0.5) is 0 Å². The molecule has 0 amide bonds. The molecule has 56 valence electrons. The molecule has 0 aromatic heterocycles. The molecule has 0 aromatic rings. The van der Waals surface area contributed by atoms with Crippen LogP contribution in [0, 0.1) is 0 Å². The minimum atomic E-state index is -2.21. The Labute approximate surface area is 60.8 Å². The minimum Gasteiger partial charge on any atom is -0.328 e. The second-order valence-corrected chi connectivity index (χ2v) is 5.83. The van der Waals surface area contributed by atoms with Crippen molar-refractivity contribution in [3.63, 3.8) is 0 Å². The molecule has 2 nitrogen and oxygen atoms in total. The van der Waals surface area contributed by atoms with E-state index in [4.69, 9.17) is 4.52 Å². The third-order valence-corrected chi connectivity index (χ3v) is 2.07. The zero-order valence-electron chi connectivity index (χ0n) is 6.09. The van der Waals surface area contributed by atoms with Crippen molar-refractivity contribution >= 4 is 19.1 Å². The number of hydrogen-bond acceptors (Lipinski definition) is 3. The van der Waals surface area contributed by atoms with Gasteiger partial charge in [-0.1, -0.05) is 0 Å². The van der Waals surface area contributed by atoms with Crippen LogP contribution in [-0.2, 0) is 9.09 Å². The molecule has 0 fully saturated rings. The lowest BCUT2D eigenvalue weighted by Gasteiger charge is -2.05. The first-order chi connectivity index (χ1) is 4.06. The highest BCUT2D eigenvalue weighted by molar-refractivity contribution is 7.98. The van der Waals surface area contributed by atoms with Gasteiger partial charge in [-0.15, -0.1) is 0 Å². The first-order valence-corrected chi connectivity index (χ1v) is 6.66. The van der Waals surface area contributed by atoms with Gasteiger partial charge in [0.05, 0.1) is 6.61 Å². The van der Waals surface area contributed by atoms with E-state index in [0.29, 0.717) is 6.61 Å². The van der Waals surface area contributed by atoms with Gasteiger partial charge in [0.2, 0.25) is 0 Å². The molecule has 4 heteroatoms. The van der Waals surface area contributed by atoms with Crippen molar-refractivity contribution in [2.45, 2.75) is 0 Å². The third-order valence-electron chi connectivity index (χ3n) is 0.690. The predicted molar refractivity (Wildman–Crippen MR) is 43.8 cm³/mol. The van der Waals surface area contributed by atoms with Crippen molar-refractivity contribution in [2.75, 3.05) is 31.9 Å². The zero-order valence-corrected chi connectivity index (χ0v) is 7.80. The van der Waals surface area contributed by atoms with E-state index in [1.165, 1.54) is 0 Å². The number of thioether (sulfide) groups is 1. The Kier molecular flexibility index (Phi) is 4.63. The normalized spacial score (nSPS) is 11.9. The first kappa shape index (κ1) is 9.54. The molecule has 0 saturated carbocycles. The van der Waals surface area contributed by atoms with Crippen LogP contribution in [0.25, 0.3) is 0 Å². The van der Waals surface area contributed by atoms with Crippen molar-refractivity contribution in [1.29, 1.82) is 0 Å². The highest BCUT2D eigenvalue weighted by Crippen LogP contribution is 2.36. The third kappa shape index (κ3) is 8.54. The molecule has 0 spiro atoms. The summed E-state index contributed by atoms with van der Waals surface area (Å²) in [5, 5.41) is 0. The number of rotatable bonds is 4. The van der Waals surface area contributed by atoms with E-state index in [-0.39, 0.29) is 0 Å². The second-order valence-electron chi connectivity index (χ2n) is 2.08. The Hall–Kier alpha value is 0.540. The van der Waals surface area contributed by atoms with Gasteiger partial charge < -0.3 is 4.52 Å². The molecule has 0 rings (SSSR count). The van der Waals surface area contributed by atoms with Crippen LogP contribution >= 0.6 is 19.1 Å². The summed E-state index contributed by atoms with van der Waals surface area (Å²) >= 11 is 1.70. The fourth-order valence-corrected chi connectivity index (χ4v) is 1.24. The first-order valence-electron chi connectivity index (χ1n) is 2.75. The van der Waals surface area contributed by atoms with E-state index in [0.717, 1.165) is 5.75 Å². The fraction of sp³-hybridized carbons (Fsp3) is 1.00. The highest BCUT2D eigenvalue weighted by atomic mass is 32.2.